The van der Waals surface area contributed by atoms with Gasteiger partial charge in [-0.1, -0.05) is 12.8 Å². The molecule has 33 heavy (non-hydrogen) atoms. The predicted octanol–water partition coefficient (Wildman–Crippen LogP) is 5.20. The Kier molecular flexibility index (Phi) is 6.11. The van der Waals surface area contributed by atoms with E-state index < -0.39 is 0 Å². The van der Waals surface area contributed by atoms with Crippen molar-refractivity contribution in [2.24, 2.45) is 35.5 Å². The molecule has 2 heterocycles. The summed E-state index contributed by atoms with van der Waals surface area (Å²) < 4.78 is 0. The topological polar surface area (TPSA) is 52.7 Å². The van der Waals surface area contributed by atoms with Gasteiger partial charge in [0.05, 0.1) is 0 Å². The fraction of sp³-hybridized carbons (Fsp3) is 0.929. The number of rotatable bonds is 4. The van der Waals surface area contributed by atoms with Crippen LogP contribution >= 0.6 is 0 Å². The van der Waals surface area contributed by atoms with Gasteiger partial charge in [0.15, 0.2) is 0 Å². The van der Waals surface area contributed by atoms with Gasteiger partial charge in [-0.15, -0.1) is 0 Å². The molecule has 5 saturated carbocycles. The molecular formula is C28H45N3O2. The number of piperidine rings is 2. The molecule has 7 rings (SSSR count). The summed E-state index contributed by atoms with van der Waals surface area (Å²) in [6, 6.07) is 0.225. The van der Waals surface area contributed by atoms with Gasteiger partial charge in [-0.2, -0.15) is 0 Å². The molecule has 3 amide bonds. The third-order valence-corrected chi connectivity index (χ3v) is 10.7. The number of nitrogens with zero attached hydrogens (tertiary/aromatic N) is 2. The first-order valence-electron chi connectivity index (χ1n) is 14.4. The molecule has 0 aromatic carbocycles. The monoisotopic (exact) mass is 455 g/mol. The number of hydrogen-bond donors (Lipinski definition) is 1. The van der Waals surface area contributed by atoms with Crippen LogP contribution in [0.4, 0.5) is 4.79 Å². The second kappa shape index (κ2) is 9.07. The largest absolute Gasteiger partial charge is 0.343 e. The molecule has 0 spiro atoms. The zero-order valence-electron chi connectivity index (χ0n) is 20.6. The summed E-state index contributed by atoms with van der Waals surface area (Å²) in [6.07, 6.45) is 18.6. The Morgan fingerprint density at radius 3 is 1.70 bits per heavy atom. The number of urea groups is 1. The van der Waals surface area contributed by atoms with Crippen LogP contribution in [-0.4, -0.2) is 53.5 Å². The number of nitrogens with one attached hydrogen (secondary N) is 1. The molecule has 2 saturated heterocycles. The van der Waals surface area contributed by atoms with Crippen molar-refractivity contribution in [2.75, 3.05) is 26.2 Å². The first kappa shape index (κ1) is 22.2. The number of carbonyl (C=O) groups is 2. The van der Waals surface area contributed by atoms with Gasteiger partial charge in [0.2, 0.25) is 5.91 Å². The van der Waals surface area contributed by atoms with Crippen molar-refractivity contribution < 1.29 is 9.59 Å². The van der Waals surface area contributed by atoms with Crippen LogP contribution in [0.25, 0.3) is 0 Å². The summed E-state index contributed by atoms with van der Waals surface area (Å²) >= 11 is 0. The van der Waals surface area contributed by atoms with Gasteiger partial charge in [0.1, 0.15) is 0 Å². The first-order chi connectivity index (χ1) is 16.1. The lowest BCUT2D eigenvalue weighted by Crippen LogP contribution is -2.62. The normalized spacial score (nSPS) is 37.6. The third kappa shape index (κ3) is 4.67. The van der Waals surface area contributed by atoms with Crippen LogP contribution in [0.3, 0.4) is 0 Å². The molecule has 4 bridgehead atoms. The molecule has 5 aliphatic carbocycles. The van der Waals surface area contributed by atoms with E-state index in [0.29, 0.717) is 11.8 Å². The Hall–Kier alpha value is -1.26. The van der Waals surface area contributed by atoms with Crippen molar-refractivity contribution in [1.29, 1.82) is 0 Å². The van der Waals surface area contributed by atoms with Gasteiger partial charge in [0.25, 0.3) is 0 Å². The number of likely N-dealkylation sites (tertiary alicyclic amines) is 2. The van der Waals surface area contributed by atoms with Crippen LogP contribution in [-0.2, 0) is 4.79 Å². The highest BCUT2D eigenvalue weighted by Gasteiger charge is 2.52. The smallest absolute Gasteiger partial charge is 0.317 e. The SMILES string of the molecule is O=C(CC1CCCC1)N1CCC(C2CCN(C(=O)NC34CC5CC(CC(C5)C3)C4)CC2)CC1. The minimum absolute atomic E-state index is 0.126. The first-order valence-corrected chi connectivity index (χ1v) is 14.4. The van der Waals surface area contributed by atoms with E-state index in [2.05, 4.69) is 15.1 Å². The molecule has 0 atom stereocenters. The van der Waals surface area contributed by atoms with Crippen LogP contribution in [0, 0.1) is 35.5 Å². The summed E-state index contributed by atoms with van der Waals surface area (Å²) in [6.45, 7) is 3.76. The Bertz CT molecular complexity index is 694. The van der Waals surface area contributed by atoms with Crippen molar-refractivity contribution in [3.05, 3.63) is 0 Å². The molecular weight excluding hydrogens is 410 g/mol. The summed E-state index contributed by atoms with van der Waals surface area (Å²) in [5.74, 6) is 5.17. The lowest BCUT2D eigenvalue weighted by molar-refractivity contribution is -0.133. The third-order valence-electron chi connectivity index (χ3n) is 10.7. The molecule has 5 nitrogen and oxygen atoms in total. The van der Waals surface area contributed by atoms with Crippen LogP contribution < -0.4 is 5.32 Å². The van der Waals surface area contributed by atoms with E-state index in [9.17, 15) is 9.59 Å². The second-order valence-electron chi connectivity index (χ2n) is 13.0. The van der Waals surface area contributed by atoms with Gasteiger partial charge in [-0.05, 0) is 113 Å². The molecule has 0 unspecified atom stereocenters. The highest BCUT2D eigenvalue weighted by Crippen LogP contribution is 2.55. The fourth-order valence-corrected chi connectivity index (χ4v) is 9.35. The van der Waals surface area contributed by atoms with Gasteiger partial charge < -0.3 is 15.1 Å². The second-order valence-corrected chi connectivity index (χ2v) is 13.0. The predicted molar refractivity (Wildman–Crippen MR) is 130 cm³/mol. The quantitative estimate of drug-likeness (QED) is 0.634. The average molecular weight is 456 g/mol. The Morgan fingerprint density at radius 1 is 0.697 bits per heavy atom. The van der Waals surface area contributed by atoms with Crippen LogP contribution in [0.5, 0.6) is 0 Å². The van der Waals surface area contributed by atoms with Crippen molar-refractivity contribution >= 4 is 11.9 Å². The molecule has 2 aliphatic heterocycles. The molecule has 184 valence electrons. The van der Waals surface area contributed by atoms with E-state index in [1.165, 1.54) is 77.0 Å². The maximum absolute atomic E-state index is 13.2. The zero-order chi connectivity index (χ0) is 22.4. The van der Waals surface area contributed by atoms with Crippen molar-refractivity contribution in [3.63, 3.8) is 0 Å². The van der Waals surface area contributed by atoms with Gasteiger partial charge in [-0.3, -0.25) is 4.79 Å². The Labute approximate surface area is 200 Å². The van der Waals surface area contributed by atoms with E-state index in [1.807, 2.05) is 0 Å². The molecule has 7 fully saturated rings. The van der Waals surface area contributed by atoms with E-state index in [-0.39, 0.29) is 11.6 Å². The highest BCUT2D eigenvalue weighted by molar-refractivity contribution is 5.76. The minimum Gasteiger partial charge on any atom is -0.343 e. The van der Waals surface area contributed by atoms with Crippen molar-refractivity contribution in [1.82, 2.24) is 15.1 Å². The van der Waals surface area contributed by atoms with Crippen molar-refractivity contribution in [3.8, 4) is 0 Å². The summed E-state index contributed by atoms with van der Waals surface area (Å²) in [5, 5.41) is 3.58. The van der Waals surface area contributed by atoms with Crippen LogP contribution in [0.2, 0.25) is 0 Å². The molecule has 5 heteroatoms. The fourth-order valence-electron chi connectivity index (χ4n) is 9.35. The maximum Gasteiger partial charge on any atom is 0.317 e. The highest BCUT2D eigenvalue weighted by atomic mass is 16.2. The van der Waals surface area contributed by atoms with E-state index in [1.54, 1.807) is 0 Å². The van der Waals surface area contributed by atoms with Crippen LogP contribution in [0.1, 0.15) is 96.3 Å². The molecule has 7 aliphatic rings. The molecule has 0 aromatic rings. The van der Waals surface area contributed by atoms with E-state index in [0.717, 1.165) is 75.0 Å². The maximum atomic E-state index is 13.2. The molecule has 0 radical (unpaired) electrons. The van der Waals surface area contributed by atoms with Gasteiger partial charge in [0, 0.05) is 38.1 Å². The Morgan fingerprint density at radius 2 is 1.18 bits per heavy atom. The molecule has 0 aromatic heterocycles. The molecule has 1 N–H and O–H groups in total. The van der Waals surface area contributed by atoms with E-state index >= 15 is 0 Å². The average Bonchev–Trinajstić information content (AvgIpc) is 3.31. The summed E-state index contributed by atoms with van der Waals surface area (Å²) in [5.41, 5.74) is 0.126. The number of carbonyl (C=O) groups excluding carboxylic acids is 2. The van der Waals surface area contributed by atoms with Crippen molar-refractivity contribution in [2.45, 2.75) is 102 Å². The number of hydrogen-bond acceptors (Lipinski definition) is 2. The lowest BCUT2D eigenvalue weighted by atomic mass is 9.53. The standard InChI is InChI=1S/C28H45N3O2/c32-26(16-20-3-1-2-4-20)30-9-5-24(6-10-30)25-7-11-31(12-8-25)27(33)29-28-17-21-13-22(18-28)15-23(14-21)19-28/h20-25H,1-19H2,(H,29,33). The van der Waals surface area contributed by atoms with Gasteiger partial charge >= 0.3 is 6.03 Å². The Balaban J connectivity index is 0.945. The number of amides is 3. The van der Waals surface area contributed by atoms with Crippen LogP contribution in [0.15, 0.2) is 0 Å². The van der Waals surface area contributed by atoms with E-state index in [4.69, 9.17) is 0 Å². The summed E-state index contributed by atoms with van der Waals surface area (Å²) in [7, 11) is 0. The lowest BCUT2D eigenvalue weighted by Gasteiger charge is -2.57. The zero-order valence-corrected chi connectivity index (χ0v) is 20.6. The minimum atomic E-state index is 0.126. The van der Waals surface area contributed by atoms with Gasteiger partial charge in [-0.25, -0.2) is 4.79 Å². The summed E-state index contributed by atoms with van der Waals surface area (Å²) in [4.78, 5) is 30.2.